The van der Waals surface area contributed by atoms with Crippen LogP contribution < -0.4 is 10.2 Å². The van der Waals surface area contributed by atoms with Crippen molar-refractivity contribution in [2.75, 3.05) is 36.4 Å². The number of pyridine rings is 1. The van der Waals surface area contributed by atoms with E-state index in [1.165, 1.54) is 12.1 Å². The number of fused-ring (bicyclic) bond motifs is 1. The second-order valence-electron chi connectivity index (χ2n) is 8.39. The van der Waals surface area contributed by atoms with Crippen LogP contribution in [0.1, 0.15) is 12.8 Å². The van der Waals surface area contributed by atoms with E-state index in [2.05, 4.69) is 31.1 Å². The average Bonchev–Trinajstić information content (AvgIpc) is 2.74. The van der Waals surface area contributed by atoms with Crippen LogP contribution in [0.2, 0.25) is 0 Å². The first-order chi connectivity index (χ1) is 14.9. The van der Waals surface area contributed by atoms with E-state index >= 15 is 0 Å². The van der Waals surface area contributed by atoms with Crippen LogP contribution >= 0.6 is 15.9 Å². The molecule has 0 saturated carbocycles. The molecule has 160 valence electrons. The van der Waals surface area contributed by atoms with Crippen LogP contribution in [-0.2, 0) is 0 Å². The van der Waals surface area contributed by atoms with Crippen molar-refractivity contribution in [3.8, 4) is 0 Å². The lowest BCUT2D eigenvalue weighted by Crippen LogP contribution is -2.62. The van der Waals surface area contributed by atoms with Gasteiger partial charge in [0.05, 0.1) is 9.99 Å². The minimum atomic E-state index is -0.409. The Morgan fingerprint density at radius 2 is 1.84 bits per heavy atom. The molecule has 0 aliphatic carbocycles. The number of benzene rings is 2. The van der Waals surface area contributed by atoms with Gasteiger partial charge >= 0.3 is 6.03 Å². The molecule has 5 rings (SSSR count). The zero-order chi connectivity index (χ0) is 21.6. The van der Waals surface area contributed by atoms with Crippen molar-refractivity contribution < 1.29 is 13.6 Å². The Hall–Kier alpha value is -2.74. The Labute approximate surface area is 187 Å². The van der Waals surface area contributed by atoms with Gasteiger partial charge in [-0.15, -0.1) is 0 Å². The number of likely N-dealkylation sites (tertiary alicyclic amines) is 1. The van der Waals surface area contributed by atoms with Crippen LogP contribution in [0.3, 0.4) is 0 Å². The maximum Gasteiger partial charge on any atom is 0.321 e. The molecule has 1 N–H and O–H groups in total. The Balaban J connectivity index is 1.21. The largest absolute Gasteiger partial charge is 0.371 e. The Bertz CT molecular complexity index is 1160. The average molecular weight is 487 g/mol. The molecule has 5 nitrogen and oxygen atoms in total. The summed E-state index contributed by atoms with van der Waals surface area (Å²) in [6, 6.07) is 11.0. The van der Waals surface area contributed by atoms with Gasteiger partial charge in [0.15, 0.2) is 0 Å². The van der Waals surface area contributed by atoms with Gasteiger partial charge < -0.3 is 15.1 Å². The summed E-state index contributed by atoms with van der Waals surface area (Å²) >= 11 is 3.11. The number of hydrogen-bond acceptors (Lipinski definition) is 3. The standard InChI is InChI=1S/C23H21BrF2N4O/c24-18-3-2-16(12-19(18)26)28-22(31)30-13-23(14-30)6-9-29(10-7-23)21-5-8-27-20-4-1-15(25)11-17(20)21/h1-5,8,11-12H,6-7,9-10,13-14H2,(H,28,31). The number of aromatic nitrogens is 1. The number of hydrogen-bond donors (Lipinski definition) is 1. The third kappa shape index (κ3) is 3.84. The first kappa shape index (κ1) is 20.2. The van der Waals surface area contributed by atoms with Gasteiger partial charge in [-0.25, -0.2) is 13.6 Å². The smallest absolute Gasteiger partial charge is 0.321 e. The summed E-state index contributed by atoms with van der Waals surface area (Å²) in [6.45, 7) is 3.08. The lowest BCUT2D eigenvalue weighted by molar-refractivity contribution is 0.0160. The van der Waals surface area contributed by atoms with Crippen molar-refractivity contribution in [1.82, 2.24) is 9.88 Å². The van der Waals surface area contributed by atoms with Crippen molar-refractivity contribution in [1.29, 1.82) is 0 Å². The summed E-state index contributed by atoms with van der Waals surface area (Å²) in [4.78, 5) is 20.9. The number of urea groups is 1. The fourth-order valence-corrected chi connectivity index (χ4v) is 4.85. The van der Waals surface area contributed by atoms with Gasteiger partial charge in [-0.2, -0.15) is 0 Å². The highest BCUT2D eigenvalue weighted by Crippen LogP contribution is 2.42. The van der Waals surface area contributed by atoms with Crippen LogP contribution in [0, 0.1) is 17.0 Å². The molecule has 2 amide bonds. The molecule has 2 aliphatic rings. The number of rotatable bonds is 2. The molecule has 3 aromatic rings. The molecular weight excluding hydrogens is 466 g/mol. The molecule has 2 aliphatic heterocycles. The number of carbonyl (C=O) groups excluding carboxylic acids is 1. The quantitative estimate of drug-likeness (QED) is 0.526. The predicted molar refractivity (Wildman–Crippen MR) is 120 cm³/mol. The fourth-order valence-electron chi connectivity index (χ4n) is 4.60. The summed E-state index contributed by atoms with van der Waals surface area (Å²) in [5, 5.41) is 3.60. The van der Waals surface area contributed by atoms with Gasteiger partial charge in [0.25, 0.3) is 0 Å². The third-order valence-electron chi connectivity index (χ3n) is 6.36. The van der Waals surface area contributed by atoms with E-state index < -0.39 is 5.82 Å². The number of halogens is 3. The first-order valence-electron chi connectivity index (χ1n) is 10.2. The van der Waals surface area contributed by atoms with Gasteiger partial charge in [0.2, 0.25) is 0 Å². The number of amides is 2. The number of anilines is 2. The number of piperidine rings is 1. The normalized spacial score (nSPS) is 17.6. The van der Waals surface area contributed by atoms with Gasteiger partial charge in [-0.3, -0.25) is 4.98 Å². The number of carbonyl (C=O) groups is 1. The highest BCUT2D eigenvalue weighted by Gasteiger charge is 2.46. The Morgan fingerprint density at radius 3 is 2.58 bits per heavy atom. The maximum atomic E-state index is 13.8. The number of nitrogens with zero attached hydrogens (tertiary/aromatic N) is 3. The summed E-state index contributed by atoms with van der Waals surface area (Å²) in [7, 11) is 0. The monoisotopic (exact) mass is 486 g/mol. The molecule has 31 heavy (non-hydrogen) atoms. The zero-order valence-corrected chi connectivity index (χ0v) is 18.3. The summed E-state index contributed by atoms with van der Waals surface area (Å²) in [5.41, 5.74) is 2.35. The lowest BCUT2D eigenvalue weighted by atomic mass is 9.72. The molecule has 0 radical (unpaired) electrons. The van der Waals surface area contributed by atoms with Crippen LogP contribution in [0.5, 0.6) is 0 Å². The minimum absolute atomic E-state index is 0.118. The topological polar surface area (TPSA) is 48.5 Å². The molecule has 2 fully saturated rings. The van der Waals surface area contributed by atoms with E-state index in [1.807, 2.05) is 6.07 Å². The second-order valence-corrected chi connectivity index (χ2v) is 9.25. The van der Waals surface area contributed by atoms with Gasteiger partial charge in [-0.05, 0) is 71.2 Å². The van der Waals surface area contributed by atoms with E-state index in [9.17, 15) is 13.6 Å². The lowest BCUT2D eigenvalue weighted by Gasteiger charge is -2.54. The molecule has 0 atom stereocenters. The van der Waals surface area contributed by atoms with E-state index in [0.29, 0.717) is 23.2 Å². The molecule has 1 spiro atoms. The van der Waals surface area contributed by atoms with Crippen LogP contribution in [0.15, 0.2) is 53.1 Å². The molecule has 0 bridgehead atoms. The van der Waals surface area contributed by atoms with Crippen molar-refractivity contribution in [2.45, 2.75) is 12.8 Å². The minimum Gasteiger partial charge on any atom is -0.371 e. The third-order valence-corrected chi connectivity index (χ3v) is 7.00. The molecule has 2 aromatic carbocycles. The summed E-state index contributed by atoms with van der Waals surface area (Å²) in [6.07, 6.45) is 3.69. The van der Waals surface area contributed by atoms with Crippen molar-refractivity contribution in [3.63, 3.8) is 0 Å². The van der Waals surface area contributed by atoms with Crippen molar-refractivity contribution >= 4 is 44.2 Å². The molecular formula is C23H21BrF2N4O. The SMILES string of the molecule is O=C(Nc1ccc(Br)c(F)c1)N1CC2(CCN(c3ccnc4ccc(F)cc34)CC2)C1. The van der Waals surface area contributed by atoms with Crippen molar-refractivity contribution in [2.24, 2.45) is 5.41 Å². The predicted octanol–water partition coefficient (Wildman–Crippen LogP) is 5.41. The van der Waals surface area contributed by atoms with Gasteiger partial charge in [0, 0.05) is 54.6 Å². The van der Waals surface area contributed by atoms with Gasteiger partial charge in [0.1, 0.15) is 11.6 Å². The highest BCUT2D eigenvalue weighted by atomic mass is 79.9. The fraction of sp³-hybridized carbons (Fsp3) is 0.304. The molecule has 8 heteroatoms. The van der Waals surface area contributed by atoms with Crippen LogP contribution in [0.25, 0.3) is 10.9 Å². The van der Waals surface area contributed by atoms with E-state index in [4.69, 9.17) is 0 Å². The zero-order valence-electron chi connectivity index (χ0n) is 16.7. The highest BCUT2D eigenvalue weighted by molar-refractivity contribution is 9.10. The van der Waals surface area contributed by atoms with E-state index in [1.54, 1.807) is 35.4 Å². The second kappa shape index (κ2) is 7.75. The van der Waals surface area contributed by atoms with Crippen LogP contribution in [0.4, 0.5) is 25.0 Å². The van der Waals surface area contributed by atoms with E-state index in [0.717, 1.165) is 42.5 Å². The van der Waals surface area contributed by atoms with Gasteiger partial charge in [-0.1, -0.05) is 0 Å². The van der Waals surface area contributed by atoms with Crippen molar-refractivity contribution in [3.05, 3.63) is 64.8 Å². The molecule has 2 saturated heterocycles. The summed E-state index contributed by atoms with van der Waals surface area (Å²) < 4.78 is 27.8. The van der Waals surface area contributed by atoms with Crippen LogP contribution in [-0.4, -0.2) is 42.1 Å². The van der Waals surface area contributed by atoms with E-state index in [-0.39, 0.29) is 17.3 Å². The molecule has 0 unspecified atom stereocenters. The Kier molecular flexibility index (Phi) is 5.04. The number of nitrogens with one attached hydrogen (secondary N) is 1. The Morgan fingerprint density at radius 1 is 1.06 bits per heavy atom. The molecule has 3 heterocycles. The molecule has 1 aromatic heterocycles. The first-order valence-corrected chi connectivity index (χ1v) is 11.0. The maximum absolute atomic E-state index is 13.8. The summed E-state index contributed by atoms with van der Waals surface area (Å²) in [5.74, 6) is -0.671.